The molecule has 3 heterocycles. The van der Waals surface area contributed by atoms with Gasteiger partial charge in [-0.25, -0.2) is 4.98 Å². The van der Waals surface area contributed by atoms with Gasteiger partial charge in [0.2, 0.25) is 0 Å². The summed E-state index contributed by atoms with van der Waals surface area (Å²) < 4.78 is 0. The number of nitrogens with one attached hydrogen (secondary N) is 3. The lowest BCUT2D eigenvalue weighted by atomic mass is 9.77. The molecule has 0 radical (unpaired) electrons. The zero-order valence-electron chi connectivity index (χ0n) is 22.6. The van der Waals surface area contributed by atoms with Gasteiger partial charge in [0, 0.05) is 27.7 Å². The number of unbranched alkanes of at least 4 members (excludes halogenated alkanes) is 2. The van der Waals surface area contributed by atoms with E-state index in [9.17, 15) is 0 Å². The lowest BCUT2D eigenvalue weighted by molar-refractivity contribution is 0.211. The number of hydrogen-bond acceptors (Lipinski definition) is 2. The van der Waals surface area contributed by atoms with Gasteiger partial charge in [-0.3, -0.25) is 5.32 Å². The van der Waals surface area contributed by atoms with Gasteiger partial charge in [-0.05, 0) is 30.9 Å². The molecule has 5 aromatic rings. The summed E-state index contributed by atoms with van der Waals surface area (Å²) in [4.78, 5) is 13.0. The SMILES string of the molecule is CCCCC1(CCCC)N[C@@H](c2nc(-c3ccccc3)c(-c3ccccc3)[nH]2)Cc2c1[nH]c1ccccc21. The van der Waals surface area contributed by atoms with Crippen LogP contribution in [-0.2, 0) is 12.0 Å². The van der Waals surface area contributed by atoms with Gasteiger partial charge in [0.25, 0.3) is 0 Å². The molecular weight excluding hydrogens is 464 g/mol. The minimum atomic E-state index is -0.0874. The second-order valence-corrected chi connectivity index (χ2v) is 10.8. The van der Waals surface area contributed by atoms with E-state index >= 15 is 0 Å². The lowest BCUT2D eigenvalue weighted by Gasteiger charge is -2.42. The van der Waals surface area contributed by atoms with Crippen LogP contribution in [0.1, 0.15) is 75.5 Å². The molecule has 4 nitrogen and oxygen atoms in total. The first-order valence-corrected chi connectivity index (χ1v) is 14.3. The van der Waals surface area contributed by atoms with Gasteiger partial charge in [0.1, 0.15) is 5.82 Å². The second-order valence-electron chi connectivity index (χ2n) is 10.8. The molecule has 1 aliphatic heterocycles. The molecule has 0 spiro atoms. The molecule has 0 aliphatic carbocycles. The Labute approximate surface area is 225 Å². The van der Waals surface area contributed by atoms with Crippen molar-refractivity contribution in [1.82, 2.24) is 20.3 Å². The van der Waals surface area contributed by atoms with E-state index in [1.807, 2.05) is 0 Å². The molecule has 3 N–H and O–H groups in total. The van der Waals surface area contributed by atoms with E-state index < -0.39 is 0 Å². The number of aromatic nitrogens is 3. The normalized spacial score (nSPS) is 16.5. The predicted octanol–water partition coefficient (Wildman–Crippen LogP) is 8.69. The number of aromatic amines is 2. The fraction of sp³-hybridized carbons (Fsp3) is 0.324. The largest absolute Gasteiger partial charge is 0.357 e. The van der Waals surface area contributed by atoms with Gasteiger partial charge in [-0.2, -0.15) is 0 Å². The van der Waals surface area contributed by atoms with E-state index in [2.05, 4.69) is 114 Å². The third-order valence-corrected chi connectivity index (χ3v) is 8.23. The molecular formula is C34H38N4. The first kappa shape index (κ1) is 24.7. The van der Waals surface area contributed by atoms with Crippen molar-refractivity contribution < 1.29 is 0 Å². The topological polar surface area (TPSA) is 56.5 Å². The third kappa shape index (κ3) is 4.48. The van der Waals surface area contributed by atoms with Crippen LogP contribution in [0.5, 0.6) is 0 Å². The highest BCUT2D eigenvalue weighted by Gasteiger charge is 2.42. The second kappa shape index (κ2) is 10.6. The molecule has 0 bridgehead atoms. The number of fused-ring (bicyclic) bond motifs is 3. The Hall–Kier alpha value is -3.63. The van der Waals surface area contributed by atoms with Crippen LogP contribution in [0, 0.1) is 0 Å². The van der Waals surface area contributed by atoms with Crippen molar-refractivity contribution in [2.24, 2.45) is 0 Å². The molecule has 3 aromatic carbocycles. The molecule has 38 heavy (non-hydrogen) atoms. The molecule has 1 atom stereocenters. The fourth-order valence-electron chi connectivity index (χ4n) is 6.30. The molecule has 2 aromatic heterocycles. The van der Waals surface area contributed by atoms with E-state index in [1.54, 1.807) is 0 Å². The van der Waals surface area contributed by atoms with Crippen LogP contribution in [0.3, 0.4) is 0 Å². The summed E-state index contributed by atoms with van der Waals surface area (Å²) in [5.74, 6) is 1.02. The molecule has 0 unspecified atom stereocenters. The number of H-pyrrole nitrogens is 2. The minimum absolute atomic E-state index is 0.0874. The Balaban J connectivity index is 1.50. The number of para-hydroxylation sites is 1. The number of hydrogen-bond donors (Lipinski definition) is 3. The number of imidazole rings is 1. The Morgan fingerprint density at radius 3 is 2.08 bits per heavy atom. The van der Waals surface area contributed by atoms with E-state index in [-0.39, 0.29) is 11.6 Å². The first-order chi connectivity index (χ1) is 18.7. The van der Waals surface area contributed by atoms with Gasteiger partial charge in [-0.1, -0.05) is 118 Å². The zero-order chi connectivity index (χ0) is 26.0. The smallest absolute Gasteiger partial charge is 0.124 e. The van der Waals surface area contributed by atoms with E-state index in [4.69, 9.17) is 4.98 Å². The fourth-order valence-corrected chi connectivity index (χ4v) is 6.30. The van der Waals surface area contributed by atoms with Crippen molar-refractivity contribution in [3.8, 4) is 22.5 Å². The van der Waals surface area contributed by atoms with Crippen molar-refractivity contribution in [3.05, 3.63) is 102 Å². The van der Waals surface area contributed by atoms with Crippen LogP contribution in [-0.4, -0.2) is 15.0 Å². The van der Waals surface area contributed by atoms with Crippen LogP contribution in [0.2, 0.25) is 0 Å². The Bertz CT molecular complexity index is 1430. The molecule has 1 aliphatic rings. The van der Waals surface area contributed by atoms with Crippen molar-refractivity contribution in [2.45, 2.75) is 70.4 Å². The molecule has 0 fully saturated rings. The van der Waals surface area contributed by atoms with Crippen LogP contribution in [0.15, 0.2) is 84.9 Å². The van der Waals surface area contributed by atoms with Crippen molar-refractivity contribution in [2.75, 3.05) is 0 Å². The third-order valence-electron chi connectivity index (χ3n) is 8.23. The van der Waals surface area contributed by atoms with Crippen molar-refractivity contribution >= 4 is 10.9 Å². The van der Waals surface area contributed by atoms with E-state index in [0.29, 0.717) is 0 Å². The summed E-state index contributed by atoms with van der Waals surface area (Å²) in [6, 6.07) is 30.1. The van der Waals surface area contributed by atoms with E-state index in [1.165, 1.54) is 47.8 Å². The summed E-state index contributed by atoms with van der Waals surface area (Å²) in [6.07, 6.45) is 7.92. The summed E-state index contributed by atoms with van der Waals surface area (Å²) in [5.41, 5.74) is 8.42. The summed E-state index contributed by atoms with van der Waals surface area (Å²) in [6.45, 7) is 4.59. The average molecular weight is 503 g/mol. The van der Waals surface area contributed by atoms with Gasteiger partial charge in [0.05, 0.1) is 23.0 Å². The summed E-state index contributed by atoms with van der Waals surface area (Å²) in [5, 5.41) is 5.54. The number of rotatable bonds is 9. The van der Waals surface area contributed by atoms with Crippen LogP contribution in [0.25, 0.3) is 33.4 Å². The maximum Gasteiger partial charge on any atom is 0.124 e. The maximum atomic E-state index is 5.32. The maximum absolute atomic E-state index is 5.32. The van der Waals surface area contributed by atoms with Gasteiger partial charge in [-0.15, -0.1) is 0 Å². The lowest BCUT2D eigenvalue weighted by Crippen LogP contribution is -2.49. The van der Waals surface area contributed by atoms with Gasteiger partial charge in [0.15, 0.2) is 0 Å². The van der Waals surface area contributed by atoms with Gasteiger partial charge < -0.3 is 9.97 Å². The highest BCUT2D eigenvalue weighted by atomic mass is 15.1. The monoisotopic (exact) mass is 502 g/mol. The Morgan fingerprint density at radius 1 is 0.763 bits per heavy atom. The molecule has 6 rings (SSSR count). The highest BCUT2D eigenvalue weighted by Crippen LogP contribution is 2.45. The van der Waals surface area contributed by atoms with Gasteiger partial charge >= 0.3 is 0 Å². The molecule has 0 amide bonds. The van der Waals surface area contributed by atoms with Crippen LogP contribution >= 0.6 is 0 Å². The highest BCUT2D eigenvalue weighted by molar-refractivity contribution is 5.85. The molecule has 194 valence electrons. The molecule has 0 saturated carbocycles. The summed E-state index contributed by atoms with van der Waals surface area (Å²) >= 11 is 0. The average Bonchev–Trinajstić information content (AvgIpc) is 3.59. The number of benzene rings is 3. The van der Waals surface area contributed by atoms with Crippen LogP contribution in [0.4, 0.5) is 0 Å². The minimum Gasteiger partial charge on any atom is -0.357 e. The number of nitrogens with zero attached hydrogens (tertiary/aromatic N) is 1. The molecule has 4 heteroatoms. The quantitative estimate of drug-likeness (QED) is 0.189. The Kier molecular flexibility index (Phi) is 6.90. The standard InChI is InChI=1S/C34H38N4/c1-3-5-21-34(22-6-4-2)32-27(26-19-13-14-20-28(26)35-32)23-29(38-34)33-36-30(24-15-9-7-10-16-24)31(37-33)25-17-11-8-12-18-25/h7-20,29,35,38H,3-6,21-23H2,1-2H3,(H,36,37)/t29-/m1/s1. The Morgan fingerprint density at radius 2 is 1.39 bits per heavy atom. The van der Waals surface area contributed by atoms with Crippen molar-refractivity contribution in [3.63, 3.8) is 0 Å². The van der Waals surface area contributed by atoms with Crippen molar-refractivity contribution in [1.29, 1.82) is 0 Å². The predicted molar refractivity (Wildman–Crippen MR) is 158 cm³/mol. The first-order valence-electron chi connectivity index (χ1n) is 14.3. The van der Waals surface area contributed by atoms with E-state index in [0.717, 1.165) is 47.6 Å². The van der Waals surface area contributed by atoms with Crippen LogP contribution < -0.4 is 5.32 Å². The molecule has 0 saturated heterocycles. The zero-order valence-corrected chi connectivity index (χ0v) is 22.6. The summed E-state index contributed by atoms with van der Waals surface area (Å²) in [7, 11) is 0.